The highest BCUT2D eigenvalue weighted by atomic mass is 35.5. The molecule has 0 aliphatic rings. The predicted molar refractivity (Wildman–Crippen MR) is 71.3 cm³/mol. The standard InChI is InChI=1S/C10H12ClN5S/c1-16(6-7-3-2-4-17-7)9-8(11)5-13-10(14-9)15-12/h2-5H,6,12H2,1H3,(H,13,14,15). The van der Waals surface area contributed by atoms with Crippen molar-refractivity contribution in [1.29, 1.82) is 0 Å². The third-order valence-corrected chi connectivity index (χ3v) is 3.32. The molecule has 0 atom stereocenters. The Kier molecular flexibility index (Phi) is 3.78. The minimum atomic E-state index is 0.349. The maximum absolute atomic E-state index is 6.06. The molecule has 0 radical (unpaired) electrons. The highest BCUT2D eigenvalue weighted by molar-refractivity contribution is 7.09. The Labute approximate surface area is 108 Å². The van der Waals surface area contributed by atoms with Crippen molar-refractivity contribution in [1.82, 2.24) is 9.97 Å². The van der Waals surface area contributed by atoms with Crippen LogP contribution in [0.3, 0.4) is 0 Å². The SMILES string of the molecule is CN(Cc1cccs1)c1nc(NN)ncc1Cl. The summed E-state index contributed by atoms with van der Waals surface area (Å²) in [6.07, 6.45) is 1.53. The van der Waals surface area contributed by atoms with Crippen LogP contribution in [0.5, 0.6) is 0 Å². The molecule has 0 saturated heterocycles. The van der Waals surface area contributed by atoms with Gasteiger partial charge in [-0.2, -0.15) is 4.98 Å². The molecule has 0 amide bonds. The molecule has 0 fully saturated rings. The van der Waals surface area contributed by atoms with E-state index in [4.69, 9.17) is 17.4 Å². The Bertz CT molecular complexity index is 487. The van der Waals surface area contributed by atoms with E-state index in [-0.39, 0.29) is 0 Å². The minimum Gasteiger partial charge on any atom is -0.353 e. The molecule has 0 saturated carbocycles. The van der Waals surface area contributed by atoms with Gasteiger partial charge in [-0.1, -0.05) is 17.7 Å². The number of thiophene rings is 1. The Morgan fingerprint density at radius 2 is 2.41 bits per heavy atom. The smallest absolute Gasteiger partial charge is 0.239 e. The number of nitrogens with one attached hydrogen (secondary N) is 1. The summed E-state index contributed by atoms with van der Waals surface area (Å²) < 4.78 is 0. The Hall–Kier alpha value is -1.37. The molecular weight excluding hydrogens is 258 g/mol. The fourth-order valence-corrected chi connectivity index (χ4v) is 2.40. The Balaban J connectivity index is 2.20. The van der Waals surface area contributed by atoms with Crippen LogP contribution in [-0.4, -0.2) is 17.0 Å². The average molecular weight is 270 g/mol. The summed E-state index contributed by atoms with van der Waals surface area (Å²) in [5.41, 5.74) is 2.40. The summed E-state index contributed by atoms with van der Waals surface area (Å²) in [4.78, 5) is 11.4. The monoisotopic (exact) mass is 269 g/mol. The highest BCUT2D eigenvalue weighted by Crippen LogP contribution is 2.24. The van der Waals surface area contributed by atoms with Crippen LogP contribution >= 0.6 is 22.9 Å². The van der Waals surface area contributed by atoms with Gasteiger partial charge in [0.25, 0.3) is 0 Å². The lowest BCUT2D eigenvalue weighted by atomic mass is 10.4. The van der Waals surface area contributed by atoms with Crippen LogP contribution in [0.1, 0.15) is 4.88 Å². The quantitative estimate of drug-likeness (QED) is 0.657. The number of halogens is 1. The zero-order valence-corrected chi connectivity index (χ0v) is 10.8. The molecule has 5 nitrogen and oxygen atoms in total. The fraction of sp³-hybridized carbons (Fsp3) is 0.200. The summed E-state index contributed by atoms with van der Waals surface area (Å²) in [5, 5.41) is 2.54. The summed E-state index contributed by atoms with van der Waals surface area (Å²) in [5.74, 6) is 6.28. The van der Waals surface area contributed by atoms with Gasteiger partial charge in [0.05, 0.1) is 12.7 Å². The first-order chi connectivity index (χ1) is 8.20. The van der Waals surface area contributed by atoms with Crippen molar-refractivity contribution in [2.45, 2.75) is 6.54 Å². The topological polar surface area (TPSA) is 67.1 Å². The molecule has 2 heterocycles. The van der Waals surface area contributed by atoms with E-state index in [1.54, 1.807) is 11.3 Å². The van der Waals surface area contributed by atoms with Crippen molar-refractivity contribution in [2.75, 3.05) is 17.4 Å². The fourth-order valence-electron chi connectivity index (χ4n) is 1.41. The molecule has 0 aliphatic carbocycles. The second-order valence-corrected chi connectivity index (χ2v) is 4.88. The van der Waals surface area contributed by atoms with Gasteiger partial charge >= 0.3 is 0 Å². The number of nitrogen functional groups attached to an aromatic ring is 1. The lowest BCUT2D eigenvalue weighted by molar-refractivity contribution is 0.904. The van der Waals surface area contributed by atoms with E-state index < -0.39 is 0 Å². The van der Waals surface area contributed by atoms with Crippen LogP contribution in [-0.2, 0) is 6.54 Å². The van der Waals surface area contributed by atoms with E-state index >= 15 is 0 Å². The molecule has 0 bridgehead atoms. The number of aromatic nitrogens is 2. The van der Waals surface area contributed by atoms with Gasteiger partial charge in [0, 0.05) is 11.9 Å². The molecule has 2 aromatic heterocycles. The number of rotatable bonds is 4. The molecular formula is C10H12ClN5S. The molecule has 0 aliphatic heterocycles. The van der Waals surface area contributed by atoms with Crippen LogP contribution in [0, 0.1) is 0 Å². The second-order valence-electron chi connectivity index (χ2n) is 3.44. The Morgan fingerprint density at radius 3 is 3.06 bits per heavy atom. The maximum Gasteiger partial charge on any atom is 0.239 e. The maximum atomic E-state index is 6.06. The number of nitrogens with two attached hydrogens (primary N) is 1. The van der Waals surface area contributed by atoms with Crippen LogP contribution in [0.15, 0.2) is 23.7 Å². The number of hydrogen-bond donors (Lipinski definition) is 2. The van der Waals surface area contributed by atoms with E-state index in [2.05, 4.69) is 21.5 Å². The number of anilines is 2. The van der Waals surface area contributed by atoms with E-state index in [1.807, 2.05) is 23.4 Å². The second kappa shape index (κ2) is 5.31. The first-order valence-corrected chi connectivity index (χ1v) is 6.19. The molecule has 17 heavy (non-hydrogen) atoms. The van der Waals surface area contributed by atoms with Gasteiger partial charge in [-0.05, 0) is 11.4 Å². The first kappa shape index (κ1) is 12.1. The van der Waals surface area contributed by atoms with Crippen LogP contribution < -0.4 is 16.2 Å². The lowest BCUT2D eigenvalue weighted by Crippen LogP contribution is -2.19. The first-order valence-electron chi connectivity index (χ1n) is 4.93. The van der Waals surface area contributed by atoms with E-state index in [9.17, 15) is 0 Å². The van der Waals surface area contributed by atoms with Gasteiger partial charge in [0.2, 0.25) is 5.95 Å². The largest absolute Gasteiger partial charge is 0.353 e. The van der Waals surface area contributed by atoms with Crippen LogP contribution in [0.4, 0.5) is 11.8 Å². The molecule has 3 N–H and O–H groups in total. The zero-order valence-electron chi connectivity index (χ0n) is 9.22. The number of hydrogen-bond acceptors (Lipinski definition) is 6. The van der Waals surface area contributed by atoms with E-state index in [0.29, 0.717) is 16.8 Å². The van der Waals surface area contributed by atoms with Crippen LogP contribution in [0.2, 0.25) is 5.02 Å². The Morgan fingerprint density at radius 1 is 1.59 bits per heavy atom. The highest BCUT2D eigenvalue weighted by Gasteiger charge is 2.10. The summed E-state index contributed by atoms with van der Waals surface area (Å²) in [7, 11) is 1.92. The van der Waals surface area contributed by atoms with E-state index in [0.717, 1.165) is 6.54 Å². The van der Waals surface area contributed by atoms with Crippen molar-refractivity contribution in [3.8, 4) is 0 Å². The van der Waals surface area contributed by atoms with E-state index in [1.165, 1.54) is 11.1 Å². The van der Waals surface area contributed by atoms with Gasteiger partial charge in [0.1, 0.15) is 5.02 Å². The van der Waals surface area contributed by atoms with Gasteiger partial charge in [-0.15, -0.1) is 11.3 Å². The molecule has 0 unspecified atom stereocenters. The van der Waals surface area contributed by atoms with Crippen molar-refractivity contribution in [2.24, 2.45) is 5.84 Å². The summed E-state index contributed by atoms with van der Waals surface area (Å²) in [6.45, 7) is 0.748. The number of nitrogens with zero attached hydrogens (tertiary/aromatic N) is 3. The molecule has 2 aromatic rings. The summed E-state index contributed by atoms with van der Waals surface area (Å²) >= 11 is 7.75. The molecule has 0 aromatic carbocycles. The normalized spacial score (nSPS) is 10.3. The van der Waals surface area contributed by atoms with Gasteiger partial charge in [0.15, 0.2) is 5.82 Å². The molecule has 90 valence electrons. The molecule has 2 rings (SSSR count). The minimum absolute atomic E-state index is 0.349. The third kappa shape index (κ3) is 2.85. The zero-order chi connectivity index (χ0) is 12.3. The third-order valence-electron chi connectivity index (χ3n) is 2.19. The van der Waals surface area contributed by atoms with Gasteiger partial charge in [-0.3, -0.25) is 5.43 Å². The number of hydrazine groups is 1. The van der Waals surface area contributed by atoms with Crippen molar-refractivity contribution in [3.63, 3.8) is 0 Å². The predicted octanol–water partition coefficient (Wildman–Crippen LogP) is 2.11. The van der Waals surface area contributed by atoms with Crippen molar-refractivity contribution < 1.29 is 0 Å². The van der Waals surface area contributed by atoms with Gasteiger partial charge in [-0.25, -0.2) is 10.8 Å². The van der Waals surface area contributed by atoms with Gasteiger partial charge < -0.3 is 4.90 Å². The average Bonchev–Trinajstić information content (AvgIpc) is 2.82. The van der Waals surface area contributed by atoms with Crippen molar-refractivity contribution >= 4 is 34.7 Å². The van der Waals surface area contributed by atoms with Crippen molar-refractivity contribution in [3.05, 3.63) is 33.6 Å². The summed E-state index contributed by atoms with van der Waals surface area (Å²) in [6, 6.07) is 4.08. The lowest BCUT2D eigenvalue weighted by Gasteiger charge is -2.18. The van der Waals surface area contributed by atoms with Crippen LogP contribution in [0.25, 0.3) is 0 Å². The molecule has 0 spiro atoms. The molecule has 7 heteroatoms.